The van der Waals surface area contributed by atoms with Crippen LogP contribution in [0.4, 0.5) is 20.2 Å². The zero-order valence-corrected chi connectivity index (χ0v) is 11.1. The van der Waals surface area contributed by atoms with Crippen molar-refractivity contribution >= 4 is 11.4 Å². The van der Waals surface area contributed by atoms with E-state index in [-0.39, 0.29) is 18.3 Å². The molecule has 0 radical (unpaired) electrons. The molecule has 0 aliphatic carbocycles. The lowest BCUT2D eigenvalue weighted by Gasteiger charge is -2.41. The number of halogens is 2. The fourth-order valence-corrected chi connectivity index (χ4v) is 2.44. The molecule has 0 amide bonds. The zero-order valence-electron chi connectivity index (χ0n) is 11.1. The summed E-state index contributed by atoms with van der Waals surface area (Å²) in [7, 11) is 1.91. The van der Waals surface area contributed by atoms with E-state index in [0.29, 0.717) is 19.6 Å². The Labute approximate surface area is 114 Å². The number of rotatable bonds is 3. The van der Waals surface area contributed by atoms with Crippen LogP contribution >= 0.6 is 0 Å². The lowest BCUT2D eigenvalue weighted by atomic mass is 10.1. The highest BCUT2D eigenvalue weighted by molar-refractivity contribution is 5.55. The Balaban J connectivity index is 2.39. The Morgan fingerprint density at radius 1 is 1.40 bits per heavy atom. The smallest absolute Gasteiger partial charge is 0.275 e. The van der Waals surface area contributed by atoms with Gasteiger partial charge in [0.2, 0.25) is 0 Å². The second kappa shape index (κ2) is 5.68. The van der Waals surface area contributed by atoms with Gasteiger partial charge in [-0.15, -0.1) is 0 Å². The summed E-state index contributed by atoms with van der Waals surface area (Å²) in [5.74, 6) is -1.86. The number of non-ortho nitro benzene ring substituents is 1. The number of hydrogen-bond acceptors (Lipinski definition) is 5. The minimum absolute atomic E-state index is 0.223. The number of nitrogens with zero attached hydrogens (tertiary/aromatic N) is 3. The van der Waals surface area contributed by atoms with Gasteiger partial charge in [-0.1, -0.05) is 0 Å². The van der Waals surface area contributed by atoms with E-state index < -0.39 is 22.2 Å². The third-order valence-corrected chi connectivity index (χ3v) is 3.46. The maximum atomic E-state index is 14.0. The van der Waals surface area contributed by atoms with Crippen molar-refractivity contribution in [1.29, 1.82) is 0 Å². The third-order valence-electron chi connectivity index (χ3n) is 3.46. The van der Waals surface area contributed by atoms with Crippen LogP contribution in [0.3, 0.4) is 0 Å². The molecular formula is C12H16F2N4O2. The molecule has 2 rings (SSSR count). The minimum Gasteiger partial charge on any atom is -0.360 e. The van der Waals surface area contributed by atoms with E-state index in [4.69, 9.17) is 5.73 Å². The largest absolute Gasteiger partial charge is 0.360 e. The molecule has 2 N–H and O–H groups in total. The Kier molecular flexibility index (Phi) is 4.15. The van der Waals surface area contributed by atoms with Crippen molar-refractivity contribution in [3.05, 3.63) is 33.9 Å². The number of nitrogens with two attached hydrogens (primary N) is 1. The van der Waals surface area contributed by atoms with Crippen molar-refractivity contribution in [3.8, 4) is 0 Å². The van der Waals surface area contributed by atoms with Crippen molar-refractivity contribution in [2.24, 2.45) is 5.73 Å². The molecule has 20 heavy (non-hydrogen) atoms. The van der Waals surface area contributed by atoms with Crippen molar-refractivity contribution < 1.29 is 13.7 Å². The van der Waals surface area contributed by atoms with Gasteiger partial charge in [-0.2, -0.15) is 0 Å². The van der Waals surface area contributed by atoms with Crippen molar-refractivity contribution in [2.75, 3.05) is 38.1 Å². The van der Waals surface area contributed by atoms with Crippen LogP contribution in [-0.4, -0.2) is 49.1 Å². The average Bonchev–Trinajstić information content (AvgIpc) is 2.39. The lowest BCUT2D eigenvalue weighted by molar-refractivity contribution is -0.385. The normalized spacial score (nSPS) is 20.2. The fourth-order valence-electron chi connectivity index (χ4n) is 2.44. The Bertz CT molecular complexity index is 503. The first-order chi connectivity index (χ1) is 9.43. The molecule has 8 heteroatoms. The van der Waals surface area contributed by atoms with Crippen LogP contribution in [0.2, 0.25) is 0 Å². The highest BCUT2D eigenvalue weighted by atomic mass is 19.1. The van der Waals surface area contributed by atoms with Gasteiger partial charge in [0.05, 0.1) is 23.1 Å². The number of piperazine rings is 1. The molecule has 0 saturated carbocycles. The number of nitro benzene ring substituents is 1. The van der Waals surface area contributed by atoms with Crippen molar-refractivity contribution in [3.63, 3.8) is 0 Å². The number of nitro groups is 1. The first-order valence-corrected chi connectivity index (χ1v) is 6.22. The first-order valence-electron chi connectivity index (χ1n) is 6.22. The summed E-state index contributed by atoms with van der Waals surface area (Å²) in [4.78, 5) is 13.3. The number of likely N-dealkylation sites (N-methyl/N-ethyl adjacent to an activating group) is 1. The summed E-state index contributed by atoms with van der Waals surface area (Å²) in [6.45, 7) is 1.91. The van der Waals surface area contributed by atoms with Crippen molar-refractivity contribution in [2.45, 2.75) is 6.04 Å². The van der Waals surface area contributed by atoms with Crippen LogP contribution in [0.25, 0.3) is 0 Å². The van der Waals surface area contributed by atoms with Gasteiger partial charge in [0.1, 0.15) is 5.69 Å². The van der Waals surface area contributed by atoms with E-state index in [0.717, 1.165) is 12.1 Å². The Hall–Kier alpha value is -1.80. The second-order valence-electron chi connectivity index (χ2n) is 4.86. The number of benzene rings is 1. The monoisotopic (exact) mass is 286 g/mol. The SMILES string of the molecule is CN1CCN(c2c(F)cc([N+](=O)[O-])cc2F)C(CN)C1. The van der Waals surface area contributed by atoms with E-state index in [1.165, 1.54) is 0 Å². The second-order valence-corrected chi connectivity index (χ2v) is 4.86. The van der Waals surface area contributed by atoms with Crippen molar-refractivity contribution in [1.82, 2.24) is 4.90 Å². The molecule has 0 spiro atoms. The van der Waals surface area contributed by atoms with Gasteiger partial charge in [-0.05, 0) is 7.05 Å². The quantitative estimate of drug-likeness (QED) is 0.661. The molecule has 6 nitrogen and oxygen atoms in total. The topological polar surface area (TPSA) is 75.6 Å². The van der Waals surface area contributed by atoms with E-state index in [2.05, 4.69) is 0 Å². The van der Waals surface area contributed by atoms with Crippen LogP contribution in [0, 0.1) is 21.7 Å². The van der Waals surface area contributed by atoms with E-state index >= 15 is 0 Å². The van der Waals surface area contributed by atoms with E-state index in [1.807, 2.05) is 11.9 Å². The van der Waals surface area contributed by atoms with Gasteiger partial charge in [-0.3, -0.25) is 10.1 Å². The van der Waals surface area contributed by atoms with Gasteiger partial charge >= 0.3 is 0 Å². The molecule has 1 aliphatic rings. The summed E-state index contributed by atoms with van der Waals surface area (Å²) in [5, 5.41) is 10.6. The van der Waals surface area contributed by atoms with Gasteiger partial charge in [0.25, 0.3) is 5.69 Å². The highest BCUT2D eigenvalue weighted by Gasteiger charge is 2.29. The number of anilines is 1. The van der Waals surface area contributed by atoms with E-state index in [1.54, 1.807) is 4.90 Å². The molecule has 1 fully saturated rings. The minimum atomic E-state index is -0.931. The third kappa shape index (κ3) is 2.70. The average molecular weight is 286 g/mol. The molecule has 1 aliphatic heterocycles. The first kappa shape index (κ1) is 14.6. The summed E-state index contributed by atoms with van der Waals surface area (Å²) in [6, 6.07) is 1.26. The molecular weight excluding hydrogens is 270 g/mol. The Morgan fingerprint density at radius 3 is 2.50 bits per heavy atom. The maximum Gasteiger partial charge on any atom is 0.275 e. The van der Waals surface area contributed by atoms with Gasteiger partial charge in [-0.25, -0.2) is 8.78 Å². The summed E-state index contributed by atoms with van der Waals surface area (Å²) >= 11 is 0. The van der Waals surface area contributed by atoms with Gasteiger partial charge < -0.3 is 15.5 Å². The van der Waals surface area contributed by atoms with Crippen LogP contribution in [0.1, 0.15) is 0 Å². The Morgan fingerprint density at radius 2 is 2.00 bits per heavy atom. The van der Waals surface area contributed by atoms with Crippen LogP contribution < -0.4 is 10.6 Å². The van der Waals surface area contributed by atoms with Crippen LogP contribution in [0.5, 0.6) is 0 Å². The fraction of sp³-hybridized carbons (Fsp3) is 0.500. The summed E-state index contributed by atoms with van der Waals surface area (Å²) < 4.78 is 28.0. The highest BCUT2D eigenvalue weighted by Crippen LogP contribution is 2.30. The summed E-state index contributed by atoms with van der Waals surface area (Å²) in [5.41, 5.74) is 4.82. The predicted molar refractivity (Wildman–Crippen MR) is 70.7 cm³/mol. The van der Waals surface area contributed by atoms with Gasteiger partial charge in [0, 0.05) is 26.2 Å². The molecule has 1 saturated heterocycles. The molecule has 1 atom stereocenters. The molecule has 1 aromatic rings. The molecule has 110 valence electrons. The van der Waals surface area contributed by atoms with Gasteiger partial charge in [0.15, 0.2) is 11.6 Å². The molecule has 0 bridgehead atoms. The van der Waals surface area contributed by atoms with Crippen LogP contribution in [-0.2, 0) is 0 Å². The molecule has 1 aromatic carbocycles. The van der Waals surface area contributed by atoms with E-state index in [9.17, 15) is 18.9 Å². The zero-order chi connectivity index (χ0) is 14.9. The molecule has 1 unspecified atom stereocenters. The number of hydrogen-bond donors (Lipinski definition) is 1. The van der Waals surface area contributed by atoms with Crippen LogP contribution in [0.15, 0.2) is 12.1 Å². The summed E-state index contributed by atoms with van der Waals surface area (Å²) in [6.07, 6.45) is 0. The maximum absolute atomic E-state index is 14.0. The standard InChI is InChI=1S/C12H16F2N4O2/c1-16-2-3-17(9(6-15)7-16)12-10(13)4-8(18(19)20)5-11(12)14/h4-5,9H,2-3,6-7,15H2,1H3. The molecule has 0 aromatic heterocycles. The predicted octanol–water partition coefficient (Wildman–Crippen LogP) is 0.952. The lowest BCUT2D eigenvalue weighted by Crippen LogP contribution is -2.55. The molecule has 1 heterocycles.